The van der Waals surface area contributed by atoms with Gasteiger partial charge in [0.15, 0.2) is 15.8 Å². The van der Waals surface area contributed by atoms with Gasteiger partial charge in [-0.15, -0.1) is 0 Å². The highest BCUT2D eigenvalue weighted by molar-refractivity contribution is 8.26. The van der Waals surface area contributed by atoms with Crippen LogP contribution in [0.2, 0.25) is 10.0 Å². The van der Waals surface area contributed by atoms with E-state index in [0.29, 0.717) is 16.5 Å². The molecule has 2 aliphatic heterocycles. The highest BCUT2D eigenvalue weighted by atomic mass is 35.5. The van der Waals surface area contributed by atoms with Crippen molar-refractivity contribution in [2.45, 2.75) is 0 Å². The number of hydrogen-bond acceptors (Lipinski definition) is 8. The zero-order chi connectivity index (χ0) is 23.0. The van der Waals surface area contributed by atoms with E-state index in [1.54, 1.807) is 0 Å². The summed E-state index contributed by atoms with van der Waals surface area (Å²) < 4.78 is 10.4. The lowest BCUT2D eigenvalue weighted by molar-refractivity contribution is -0.385. The second-order valence-electron chi connectivity index (χ2n) is 6.23. The summed E-state index contributed by atoms with van der Waals surface area (Å²) in [5, 5.41) is 15.4. The molecule has 0 spiro atoms. The molecule has 1 fully saturated rings. The molecule has 2 N–H and O–H groups in total. The molecule has 0 aromatic heterocycles. The molecule has 0 atom stereocenters. The fourth-order valence-electron chi connectivity index (χ4n) is 2.76. The molecule has 10 nitrogen and oxygen atoms in total. The molecule has 1 saturated heterocycles. The first-order valence-corrected chi connectivity index (χ1v) is 10.6. The second-order valence-corrected chi connectivity index (χ2v) is 8.72. The molecule has 2 aromatic rings. The average Bonchev–Trinajstić information content (AvgIpc) is 3.29. The van der Waals surface area contributed by atoms with Gasteiger partial charge >= 0.3 is 6.03 Å². The topological polar surface area (TPSA) is 123 Å². The van der Waals surface area contributed by atoms with E-state index in [1.165, 1.54) is 36.4 Å². The monoisotopic (exact) mass is 512 g/mol. The number of nitro groups is 1. The SMILES string of the molecule is O=C(Nc1ccc(Cl)c(Cl)c1)NN1C(=O)/C(=C/c2cc3c(cc2[N+](=O)[O-])OCO3)SC1=S. The minimum Gasteiger partial charge on any atom is -0.454 e. The number of hydrazine groups is 1. The summed E-state index contributed by atoms with van der Waals surface area (Å²) in [6.45, 7) is -0.0596. The molecule has 14 heteroatoms. The van der Waals surface area contributed by atoms with E-state index in [9.17, 15) is 19.7 Å². The van der Waals surface area contributed by atoms with Gasteiger partial charge in [0.2, 0.25) is 6.79 Å². The van der Waals surface area contributed by atoms with Gasteiger partial charge in [-0.05, 0) is 42.6 Å². The Morgan fingerprint density at radius 3 is 2.62 bits per heavy atom. The first-order valence-electron chi connectivity index (χ1n) is 8.61. The van der Waals surface area contributed by atoms with Crippen LogP contribution >= 0.6 is 47.2 Å². The van der Waals surface area contributed by atoms with Crippen molar-refractivity contribution in [2.75, 3.05) is 12.1 Å². The molecule has 2 aromatic carbocycles. The number of anilines is 1. The second kappa shape index (κ2) is 8.82. The number of amides is 3. The maximum atomic E-state index is 12.8. The van der Waals surface area contributed by atoms with E-state index in [4.69, 9.17) is 44.9 Å². The first kappa shape index (κ1) is 22.1. The molecule has 2 heterocycles. The predicted octanol–water partition coefficient (Wildman–Crippen LogP) is 4.57. The summed E-state index contributed by atoms with van der Waals surface area (Å²) in [6, 6.07) is 6.33. The molecule has 32 heavy (non-hydrogen) atoms. The molecule has 0 bridgehead atoms. The Morgan fingerprint density at radius 2 is 1.94 bits per heavy atom. The number of urea groups is 1. The largest absolute Gasteiger partial charge is 0.454 e. The van der Waals surface area contributed by atoms with E-state index in [2.05, 4.69) is 10.7 Å². The molecule has 4 rings (SSSR count). The summed E-state index contributed by atoms with van der Waals surface area (Å²) in [4.78, 5) is 36.0. The van der Waals surface area contributed by atoms with Gasteiger partial charge in [0.05, 0.1) is 31.5 Å². The van der Waals surface area contributed by atoms with Crippen molar-refractivity contribution in [1.29, 1.82) is 0 Å². The van der Waals surface area contributed by atoms with Crippen molar-refractivity contribution in [3.63, 3.8) is 0 Å². The number of carbonyl (C=O) groups is 2. The molecule has 0 saturated carbocycles. The normalized spacial score (nSPS) is 15.9. The highest BCUT2D eigenvalue weighted by Gasteiger charge is 2.34. The van der Waals surface area contributed by atoms with Gasteiger partial charge in [0.1, 0.15) is 0 Å². The summed E-state index contributed by atoms with van der Waals surface area (Å²) in [6.07, 6.45) is 1.30. The molecule has 0 aliphatic carbocycles. The van der Waals surface area contributed by atoms with Crippen LogP contribution in [0, 0.1) is 10.1 Å². The van der Waals surface area contributed by atoms with E-state index < -0.39 is 16.9 Å². The number of thiocarbonyl (C=S) groups is 1. The third-order valence-electron chi connectivity index (χ3n) is 4.19. The van der Waals surface area contributed by atoms with Gasteiger partial charge in [-0.25, -0.2) is 10.2 Å². The third-order valence-corrected chi connectivity index (χ3v) is 6.23. The Labute approximate surface area is 199 Å². The van der Waals surface area contributed by atoms with Crippen LogP contribution in [0.1, 0.15) is 5.56 Å². The lowest BCUT2D eigenvalue weighted by atomic mass is 10.1. The predicted molar refractivity (Wildman–Crippen MR) is 123 cm³/mol. The fraction of sp³-hybridized carbons (Fsp3) is 0.0556. The molecule has 3 amide bonds. The number of nitro benzene ring substituents is 1. The highest BCUT2D eigenvalue weighted by Crippen LogP contribution is 2.40. The first-order chi connectivity index (χ1) is 15.2. The van der Waals surface area contributed by atoms with Crippen molar-refractivity contribution in [2.24, 2.45) is 0 Å². The van der Waals surface area contributed by atoms with Crippen LogP contribution in [0.4, 0.5) is 16.2 Å². The van der Waals surface area contributed by atoms with Crippen LogP contribution in [0.3, 0.4) is 0 Å². The number of benzene rings is 2. The van der Waals surface area contributed by atoms with Gasteiger partial charge in [-0.1, -0.05) is 35.0 Å². The lowest BCUT2D eigenvalue weighted by Crippen LogP contribution is -2.46. The lowest BCUT2D eigenvalue weighted by Gasteiger charge is -2.16. The van der Waals surface area contributed by atoms with Crippen LogP contribution in [0.15, 0.2) is 35.2 Å². The molecular formula is C18H10Cl2N4O6S2. The zero-order valence-corrected chi connectivity index (χ0v) is 18.7. The van der Waals surface area contributed by atoms with E-state index in [1.807, 2.05) is 0 Å². The number of rotatable bonds is 4. The molecular weight excluding hydrogens is 503 g/mol. The Morgan fingerprint density at radius 1 is 1.22 bits per heavy atom. The summed E-state index contributed by atoms with van der Waals surface area (Å²) >= 11 is 17.8. The van der Waals surface area contributed by atoms with Gasteiger partial charge < -0.3 is 14.8 Å². The van der Waals surface area contributed by atoms with Crippen LogP contribution in [0.25, 0.3) is 6.08 Å². The Bertz CT molecular complexity index is 1220. The number of halogens is 2. The van der Waals surface area contributed by atoms with Gasteiger partial charge in [0.25, 0.3) is 11.6 Å². The van der Waals surface area contributed by atoms with E-state index >= 15 is 0 Å². The van der Waals surface area contributed by atoms with Crippen molar-refractivity contribution in [3.05, 3.63) is 61.0 Å². The number of hydrogen-bond donors (Lipinski definition) is 2. The maximum Gasteiger partial charge on any atom is 0.338 e. The number of ether oxygens (including phenoxy) is 2. The minimum atomic E-state index is -0.755. The van der Waals surface area contributed by atoms with E-state index in [-0.39, 0.29) is 38.0 Å². The Hall–Kier alpha value is -3.06. The van der Waals surface area contributed by atoms with Crippen molar-refractivity contribution < 1.29 is 24.0 Å². The maximum absolute atomic E-state index is 12.8. The summed E-state index contributed by atoms with van der Waals surface area (Å²) in [7, 11) is 0. The van der Waals surface area contributed by atoms with Crippen molar-refractivity contribution >= 4 is 80.9 Å². The summed E-state index contributed by atoms with van der Waals surface area (Å²) in [5.74, 6) is -0.102. The Kier molecular flexibility index (Phi) is 6.11. The van der Waals surface area contributed by atoms with Crippen LogP contribution in [-0.2, 0) is 4.79 Å². The number of fused-ring (bicyclic) bond motifs is 1. The van der Waals surface area contributed by atoms with Crippen LogP contribution < -0.4 is 20.2 Å². The average molecular weight is 513 g/mol. The summed E-state index contributed by atoms with van der Waals surface area (Å²) in [5.41, 5.74) is 2.53. The third kappa shape index (κ3) is 4.43. The fourth-order valence-corrected chi connectivity index (χ4v) is 4.23. The van der Waals surface area contributed by atoms with Gasteiger partial charge in [-0.2, -0.15) is 5.01 Å². The molecule has 0 radical (unpaired) electrons. The van der Waals surface area contributed by atoms with Crippen molar-refractivity contribution in [1.82, 2.24) is 10.4 Å². The number of thioether (sulfide) groups is 1. The van der Waals surface area contributed by atoms with Crippen molar-refractivity contribution in [3.8, 4) is 11.5 Å². The number of nitrogens with zero attached hydrogens (tertiary/aromatic N) is 2. The smallest absolute Gasteiger partial charge is 0.338 e. The van der Waals surface area contributed by atoms with Crippen LogP contribution in [-0.4, -0.2) is 33.0 Å². The van der Waals surface area contributed by atoms with E-state index in [0.717, 1.165) is 16.8 Å². The standard InChI is InChI=1S/C18H10Cl2N4O6S2/c19-10-2-1-9(5-11(10)20)21-17(26)22-23-16(25)15(32-18(23)31)4-8-3-13-14(30-7-29-13)6-12(8)24(27)28/h1-6H,7H2,(H2,21,22,26)/b15-4-. The van der Waals surface area contributed by atoms with Gasteiger partial charge in [0, 0.05) is 5.69 Å². The minimum absolute atomic E-state index is 0.0361. The molecule has 2 aliphatic rings. The Balaban J connectivity index is 1.53. The molecule has 164 valence electrons. The quantitative estimate of drug-likeness (QED) is 0.264. The molecule has 0 unspecified atom stereocenters. The van der Waals surface area contributed by atoms with Gasteiger partial charge in [-0.3, -0.25) is 14.9 Å². The van der Waals surface area contributed by atoms with Crippen LogP contribution in [0.5, 0.6) is 11.5 Å². The number of nitrogens with one attached hydrogen (secondary N) is 2. The zero-order valence-electron chi connectivity index (χ0n) is 15.6. The number of carbonyl (C=O) groups excluding carboxylic acids is 2.